The SMILES string of the molecule is CC(C)c1cc2cnn(C3CCCCO3)c2cn1. The van der Waals surface area contributed by atoms with Crippen LogP contribution in [0.5, 0.6) is 0 Å². The van der Waals surface area contributed by atoms with Crippen LogP contribution in [0.4, 0.5) is 0 Å². The molecule has 0 aliphatic carbocycles. The van der Waals surface area contributed by atoms with Gasteiger partial charge in [-0.15, -0.1) is 0 Å². The van der Waals surface area contributed by atoms with E-state index in [-0.39, 0.29) is 6.23 Å². The molecule has 1 aliphatic heterocycles. The lowest BCUT2D eigenvalue weighted by Gasteiger charge is -2.23. The van der Waals surface area contributed by atoms with Gasteiger partial charge in [-0.25, -0.2) is 4.68 Å². The smallest absolute Gasteiger partial charge is 0.150 e. The van der Waals surface area contributed by atoms with E-state index in [0.29, 0.717) is 5.92 Å². The van der Waals surface area contributed by atoms with Crippen LogP contribution in [0, 0.1) is 0 Å². The zero-order valence-electron chi connectivity index (χ0n) is 11.0. The third kappa shape index (κ3) is 2.01. The maximum Gasteiger partial charge on any atom is 0.150 e. The molecule has 4 nitrogen and oxygen atoms in total. The lowest BCUT2D eigenvalue weighted by atomic mass is 10.1. The first kappa shape index (κ1) is 11.7. The fourth-order valence-corrected chi connectivity index (χ4v) is 2.42. The van der Waals surface area contributed by atoms with Gasteiger partial charge in [-0.3, -0.25) is 4.98 Å². The molecule has 0 bridgehead atoms. The van der Waals surface area contributed by atoms with Crippen molar-refractivity contribution in [3.63, 3.8) is 0 Å². The van der Waals surface area contributed by atoms with E-state index in [1.54, 1.807) is 0 Å². The number of fused-ring (bicyclic) bond motifs is 1. The first-order valence-electron chi connectivity index (χ1n) is 6.70. The van der Waals surface area contributed by atoms with Crippen LogP contribution in [0.2, 0.25) is 0 Å². The van der Waals surface area contributed by atoms with E-state index in [2.05, 4.69) is 30.0 Å². The normalized spacial score (nSPS) is 20.7. The van der Waals surface area contributed by atoms with Gasteiger partial charge in [0.2, 0.25) is 0 Å². The minimum Gasteiger partial charge on any atom is -0.356 e. The van der Waals surface area contributed by atoms with Gasteiger partial charge in [0.05, 0.1) is 17.9 Å². The molecule has 4 heteroatoms. The fourth-order valence-electron chi connectivity index (χ4n) is 2.42. The molecule has 3 heterocycles. The van der Waals surface area contributed by atoms with E-state index in [1.165, 1.54) is 6.42 Å². The predicted molar refractivity (Wildman–Crippen MR) is 70.5 cm³/mol. The van der Waals surface area contributed by atoms with Crippen molar-refractivity contribution in [2.24, 2.45) is 0 Å². The van der Waals surface area contributed by atoms with E-state index in [9.17, 15) is 0 Å². The van der Waals surface area contributed by atoms with E-state index in [1.807, 2.05) is 17.1 Å². The zero-order valence-corrected chi connectivity index (χ0v) is 11.0. The number of ether oxygens (including phenoxy) is 1. The van der Waals surface area contributed by atoms with E-state index >= 15 is 0 Å². The molecule has 2 aromatic rings. The summed E-state index contributed by atoms with van der Waals surface area (Å²) >= 11 is 0. The Bertz CT molecular complexity index is 541. The summed E-state index contributed by atoms with van der Waals surface area (Å²) in [6, 6.07) is 2.13. The minimum atomic E-state index is 0.0861. The molecule has 1 unspecified atom stereocenters. The van der Waals surface area contributed by atoms with Crippen LogP contribution in [-0.4, -0.2) is 21.4 Å². The highest BCUT2D eigenvalue weighted by molar-refractivity contribution is 5.78. The van der Waals surface area contributed by atoms with Crippen molar-refractivity contribution in [2.75, 3.05) is 6.61 Å². The van der Waals surface area contributed by atoms with E-state index in [4.69, 9.17) is 4.74 Å². The number of hydrogen-bond donors (Lipinski definition) is 0. The van der Waals surface area contributed by atoms with Gasteiger partial charge in [0.25, 0.3) is 0 Å². The van der Waals surface area contributed by atoms with Crippen molar-refractivity contribution in [1.29, 1.82) is 0 Å². The molecule has 3 rings (SSSR count). The predicted octanol–water partition coefficient (Wildman–Crippen LogP) is 3.25. The summed E-state index contributed by atoms with van der Waals surface area (Å²) in [5.41, 5.74) is 2.19. The van der Waals surface area contributed by atoms with Crippen molar-refractivity contribution in [3.05, 3.63) is 24.2 Å². The highest BCUT2D eigenvalue weighted by Gasteiger charge is 2.18. The summed E-state index contributed by atoms with van der Waals surface area (Å²) in [7, 11) is 0. The van der Waals surface area contributed by atoms with Gasteiger partial charge >= 0.3 is 0 Å². The zero-order chi connectivity index (χ0) is 12.5. The topological polar surface area (TPSA) is 39.9 Å². The first-order chi connectivity index (χ1) is 8.75. The van der Waals surface area contributed by atoms with Crippen molar-refractivity contribution >= 4 is 10.9 Å². The Labute approximate surface area is 107 Å². The second-order valence-electron chi connectivity index (χ2n) is 5.23. The van der Waals surface area contributed by atoms with Gasteiger partial charge in [-0.2, -0.15) is 5.10 Å². The molecule has 1 saturated heterocycles. The Morgan fingerprint density at radius 1 is 1.33 bits per heavy atom. The number of aromatic nitrogens is 3. The highest BCUT2D eigenvalue weighted by atomic mass is 16.5. The Morgan fingerprint density at radius 2 is 2.22 bits per heavy atom. The molecule has 0 saturated carbocycles. The second kappa shape index (κ2) is 4.69. The second-order valence-corrected chi connectivity index (χ2v) is 5.23. The molecular formula is C14H19N3O. The Hall–Kier alpha value is -1.42. The maximum absolute atomic E-state index is 5.78. The maximum atomic E-state index is 5.78. The molecule has 96 valence electrons. The quantitative estimate of drug-likeness (QED) is 0.815. The molecule has 0 aromatic carbocycles. The minimum absolute atomic E-state index is 0.0861. The monoisotopic (exact) mass is 245 g/mol. The summed E-state index contributed by atoms with van der Waals surface area (Å²) in [4.78, 5) is 4.52. The van der Waals surface area contributed by atoms with Crippen molar-refractivity contribution < 1.29 is 4.74 Å². The van der Waals surface area contributed by atoms with Crippen molar-refractivity contribution in [2.45, 2.75) is 45.3 Å². The average Bonchev–Trinajstić information content (AvgIpc) is 2.82. The lowest BCUT2D eigenvalue weighted by Crippen LogP contribution is -2.19. The number of pyridine rings is 1. The standard InChI is InChI=1S/C14H19N3O/c1-10(2)12-7-11-8-16-17(13(11)9-15-12)14-5-3-4-6-18-14/h7-10,14H,3-6H2,1-2H3. The molecule has 0 radical (unpaired) electrons. The Kier molecular flexibility index (Phi) is 3.04. The average molecular weight is 245 g/mol. The van der Waals surface area contributed by atoms with E-state index in [0.717, 1.165) is 36.0 Å². The largest absolute Gasteiger partial charge is 0.356 e. The first-order valence-corrected chi connectivity index (χ1v) is 6.70. The summed E-state index contributed by atoms with van der Waals surface area (Å²) in [5.74, 6) is 0.448. The van der Waals surface area contributed by atoms with Crippen LogP contribution in [0.1, 0.15) is 50.9 Å². The van der Waals surface area contributed by atoms with Crippen LogP contribution in [0.25, 0.3) is 10.9 Å². The number of nitrogens with zero attached hydrogens (tertiary/aromatic N) is 3. The van der Waals surface area contributed by atoms with Crippen LogP contribution in [0.3, 0.4) is 0 Å². The molecule has 1 fully saturated rings. The van der Waals surface area contributed by atoms with Gasteiger partial charge in [0, 0.05) is 17.7 Å². The summed E-state index contributed by atoms with van der Waals surface area (Å²) in [5, 5.41) is 5.63. The van der Waals surface area contributed by atoms with Gasteiger partial charge in [-0.05, 0) is 31.2 Å². The summed E-state index contributed by atoms with van der Waals surface area (Å²) in [6.45, 7) is 5.15. The van der Waals surface area contributed by atoms with Crippen LogP contribution in [0.15, 0.2) is 18.5 Å². The third-order valence-corrected chi connectivity index (χ3v) is 3.52. The van der Waals surface area contributed by atoms with Crippen molar-refractivity contribution in [1.82, 2.24) is 14.8 Å². The van der Waals surface area contributed by atoms with Gasteiger partial charge in [-0.1, -0.05) is 13.8 Å². The van der Waals surface area contributed by atoms with Gasteiger partial charge in [0.1, 0.15) is 0 Å². The molecule has 0 amide bonds. The summed E-state index contributed by atoms with van der Waals surface area (Å²) < 4.78 is 7.76. The molecule has 1 aliphatic rings. The molecule has 18 heavy (non-hydrogen) atoms. The van der Waals surface area contributed by atoms with Gasteiger partial charge < -0.3 is 4.74 Å². The molecule has 0 spiro atoms. The Morgan fingerprint density at radius 3 is 2.94 bits per heavy atom. The fraction of sp³-hybridized carbons (Fsp3) is 0.571. The van der Waals surface area contributed by atoms with Gasteiger partial charge in [0.15, 0.2) is 6.23 Å². The Balaban J connectivity index is 1.98. The molecule has 2 aromatic heterocycles. The van der Waals surface area contributed by atoms with Crippen LogP contribution in [-0.2, 0) is 4.74 Å². The molecular weight excluding hydrogens is 226 g/mol. The summed E-state index contributed by atoms with van der Waals surface area (Å²) in [6.07, 6.45) is 7.34. The van der Waals surface area contributed by atoms with Crippen LogP contribution < -0.4 is 0 Å². The van der Waals surface area contributed by atoms with E-state index < -0.39 is 0 Å². The highest BCUT2D eigenvalue weighted by Crippen LogP contribution is 2.26. The number of hydrogen-bond acceptors (Lipinski definition) is 3. The molecule has 1 atom stereocenters. The number of rotatable bonds is 2. The van der Waals surface area contributed by atoms with Crippen LogP contribution >= 0.6 is 0 Å². The van der Waals surface area contributed by atoms with Crippen molar-refractivity contribution in [3.8, 4) is 0 Å². The lowest BCUT2D eigenvalue weighted by molar-refractivity contribution is -0.0367. The molecule has 0 N–H and O–H groups in total. The third-order valence-electron chi connectivity index (χ3n) is 3.52.